The lowest BCUT2D eigenvalue weighted by Gasteiger charge is -2.24. The van der Waals surface area contributed by atoms with Gasteiger partial charge >= 0.3 is 5.97 Å². The van der Waals surface area contributed by atoms with Crippen molar-refractivity contribution >= 4 is 17.4 Å². The minimum atomic E-state index is -1.22. The van der Waals surface area contributed by atoms with E-state index in [0.717, 1.165) is 6.07 Å². The van der Waals surface area contributed by atoms with Crippen molar-refractivity contribution in [3.63, 3.8) is 0 Å². The van der Waals surface area contributed by atoms with Crippen LogP contribution in [0.3, 0.4) is 0 Å². The maximum Gasteiger partial charge on any atom is 0.336 e. The molecule has 0 aliphatic carbocycles. The standard InChI is InChI=1S/C18H19NO5/c1-3-19(4-2)14-9-11(20)10-15(21)16(14)17(22)12-7-5-6-8-13(12)18(23)24/h5-10,20-21H,3-4H2,1-2H3,(H,23,24). The summed E-state index contributed by atoms with van der Waals surface area (Å²) >= 11 is 0. The number of benzene rings is 2. The van der Waals surface area contributed by atoms with Gasteiger partial charge in [-0.15, -0.1) is 0 Å². The number of phenols is 2. The Morgan fingerprint density at radius 2 is 1.58 bits per heavy atom. The maximum atomic E-state index is 12.9. The average molecular weight is 329 g/mol. The third kappa shape index (κ3) is 3.17. The number of carbonyl (C=O) groups excluding carboxylic acids is 1. The van der Waals surface area contributed by atoms with Gasteiger partial charge in [-0.2, -0.15) is 0 Å². The molecular weight excluding hydrogens is 310 g/mol. The molecule has 0 saturated carbocycles. The Labute approximate surface area is 139 Å². The van der Waals surface area contributed by atoms with Gasteiger partial charge in [0.25, 0.3) is 0 Å². The predicted molar refractivity (Wildman–Crippen MR) is 90.2 cm³/mol. The van der Waals surface area contributed by atoms with Crippen molar-refractivity contribution in [2.45, 2.75) is 13.8 Å². The summed E-state index contributed by atoms with van der Waals surface area (Å²) < 4.78 is 0. The first-order valence-electron chi connectivity index (χ1n) is 7.58. The Kier molecular flexibility index (Phi) is 5.08. The molecule has 2 aromatic carbocycles. The second-order valence-electron chi connectivity index (χ2n) is 5.21. The van der Waals surface area contributed by atoms with Crippen molar-refractivity contribution in [1.29, 1.82) is 0 Å². The number of aromatic hydroxyl groups is 2. The lowest BCUT2D eigenvalue weighted by atomic mass is 9.95. The molecule has 0 aromatic heterocycles. The van der Waals surface area contributed by atoms with E-state index in [1.54, 1.807) is 11.0 Å². The largest absolute Gasteiger partial charge is 0.508 e. The third-order valence-corrected chi connectivity index (χ3v) is 3.81. The summed E-state index contributed by atoms with van der Waals surface area (Å²) in [4.78, 5) is 26.1. The van der Waals surface area contributed by atoms with Crippen LogP contribution in [0.2, 0.25) is 0 Å². The molecule has 0 atom stereocenters. The second kappa shape index (κ2) is 7.04. The molecule has 2 rings (SSSR count). The zero-order chi connectivity index (χ0) is 17.9. The molecule has 3 N–H and O–H groups in total. The van der Waals surface area contributed by atoms with Crippen molar-refractivity contribution in [2.75, 3.05) is 18.0 Å². The van der Waals surface area contributed by atoms with Crippen LogP contribution in [0.5, 0.6) is 11.5 Å². The van der Waals surface area contributed by atoms with Gasteiger partial charge in [0.05, 0.1) is 16.8 Å². The number of carboxylic acid groups (broad SMARTS) is 1. The fourth-order valence-corrected chi connectivity index (χ4v) is 2.65. The Morgan fingerprint density at radius 3 is 2.12 bits per heavy atom. The number of rotatable bonds is 6. The van der Waals surface area contributed by atoms with E-state index in [-0.39, 0.29) is 28.2 Å². The first-order valence-corrected chi connectivity index (χ1v) is 7.58. The average Bonchev–Trinajstić information content (AvgIpc) is 2.55. The molecule has 0 unspecified atom stereocenters. The molecule has 126 valence electrons. The van der Waals surface area contributed by atoms with Crippen molar-refractivity contribution in [1.82, 2.24) is 0 Å². The topological polar surface area (TPSA) is 98.1 Å². The van der Waals surface area contributed by atoms with Gasteiger partial charge in [0, 0.05) is 30.8 Å². The molecule has 0 heterocycles. The molecule has 0 amide bonds. The minimum absolute atomic E-state index is 0.0144. The van der Waals surface area contributed by atoms with Gasteiger partial charge < -0.3 is 20.2 Å². The fraction of sp³-hybridized carbons (Fsp3) is 0.222. The molecular formula is C18H19NO5. The van der Waals surface area contributed by atoms with E-state index in [4.69, 9.17) is 0 Å². The van der Waals surface area contributed by atoms with Crippen LogP contribution in [0.15, 0.2) is 36.4 Å². The summed E-state index contributed by atoms with van der Waals surface area (Å²) in [7, 11) is 0. The highest BCUT2D eigenvalue weighted by molar-refractivity contribution is 6.18. The van der Waals surface area contributed by atoms with Gasteiger partial charge in [0.1, 0.15) is 11.5 Å². The van der Waals surface area contributed by atoms with Crippen LogP contribution in [-0.2, 0) is 0 Å². The number of carbonyl (C=O) groups is 2. The molecule has 6 nitrogen and oxygen atoms in total. The van der Waals surface area contributed by atoms with Gasteiger partial charge in [-0.1, -0.05) is 18.2 Å². The second-order valence-corrected chi connectivity index (χ2v) is 5.21. The summed E-state index contributed by atoms with van der Waals surface area (Å²) in [6, 6.07) is 8.30. The van der Waals surface area contributed by atoms with Crippen LogP contribution in [0.1, 0.15) is 40.1 Å². The summed E-state index contributed by atoms with van der Waals surface area (Å²) in [6.07, 6.45) is 0. The number of anilines is 1. The number of aromatic carboxylic acids is 1. The zero-order valence-electron chi connectivity index (χ0n) is 13.5. The third-order valence-electron chi connectivity index (χ3n) is 3.81. The Bertz CT molecular complexity index is 781. The first-order chi connectivity index (χ1) is 11.4. The van der Waals surface area contributed by atoms with Crippen LogP contribution < -0.4 is 4.90 Å². The number of hydrogen-bond donors (Lipinski definition) is 3. The molecule has 0 saturated heterocycles. The van der Waals surface area contributed by atoms with E-state index in [1.165, 1.54) is 24.3 Å². The smallest absolute Gasteiger partial charge is 0.336 e. The highest BCUT2D eigenvalue weighted by Crippen LogP contribution is 2.35. The van der Waals surface area contributed by atoms with E-state index in [0.29, 0.717) is 18.8 Å². The summed E-state index contributed by atoms with van der Waals surface area (Å²) in [6.45, 7) is 4.87. The summed E-state index contributed by atoms with van der Waals surface area (Å²) in [5.74, 6) is -2.38. The van der Waals surface area contributed by atoms with Crippen LogP contribution in [0, 0.1) is 0 Å². The lowest BCUT2D eigenvalue weighted by molar-refractivity contribution is 0.0692. The van der Waals surface area contributed by atoms with Crippen LogP contribution >= 0.6 is 0 Å². The quantitative estimate of drug-likeness (QED) is 0.705. The number of nitrogens with zero attached hydrogens (tertiary/aromatic N) is 1. The molecule has 2 aromatic rings. The number of phenolic OH excluding ortho intramolecular Hbond substituents is 2. The van der Waals surface area contributed by atoms with Gasteiger partial charge in [0.2, 0.25) is 0 Å². The van der Waals surface area contributed by atoms with Crippen LogP contribution in [0.25, 0.3) is 0 Å². The zero-order valence-corrected chi connectivity index (χ0v) is 13.5. The normalized spacial score (nSPS) is 10.4. The fourth-order valence-electron chi connectivity index (χ4n) is 2.65. The van der Waals surface area contributed by atoms with E-state index >= 15 is 0 Å². The maximum absolute atomic E-state index is 12.9. The van der Waals surface area contributed by atoms with Crippen molar-refractivity contribution in [3.05, 3.63) is 53.1 Å². The van der Waals surface area contributed by atoms with Crippen molar-refractivity contribution in [3.8, 4) is 11.5 Å². The molecule has 0 radical (unpaired) electrons. The van der Waals surface area contributed by atoms with Gasteiger partial charge in [0.15, 0.2) is 5.78 Å². The highest BCUT2D eigenvalue weighted by Gasteiger charge is 2.25. The van der Waals surface area contributed by atoms with Gasteiger partial charge in [-0.3, -0.25) is 4.79 Å². The van der Waals surface area contributed by atoms with E-state index in [2.05, 4.69) is 0 Å². The van der Waals surface area contributed by atoms with Crippen molar-refractivity contribution in [2.24, 2.45) is 0 Å². The van der Waals surface area contributed by atoms with Crippen LogP contribution in [0.4, 0.5) is 5.69 Å². The van der Waals surface area contributed by atoms with E-state index in [1.807, 2.05) is 13.8 Å². The van der Waals surface area contributed by atoms with E-state index in [9.17, 15) is 24.9 Å². The van der Waals surface area contributed by atoms with E-state index < -0.39 is 11.8 Å². The summed E-state index contributed by atoms with van der Waals surface area (Å²) in [5.41, 5.74) is 0.188. The molecule has 0 aliphatic heterocycles. The Morgan fingerprint density at radius 1 is 1.00 bits per heavy atom. The predicted octanol–water partition coefficient (Wildman–Crippen LogP) is 2.87. The number of hydrogen-bond acceptors (Lipinski definition) is 5. The van der Waals surface area contributed by atoms with Crippen molar-refractivity contribution < 1.29 is 24.9 Å². The number of carboxylic acids is 1. The highest BCUT2D eigenvalue weighted by atomic mass is 16.4. The Hall–Kier alpha value is -3.02. The summed E-state index contributed by atoms with van der Waals surface area (Å²) in [5, 5.41) is 29.3. The Balaban J connectivity index is 2.68. The first kappa shape index (κ1) is 17.3. The SMILES string of the molecule is CCN(CC)c1cc(O)cc(O)c1C(=O)c1ccccc1C(=O)O. The molecule has 6 heteroatoms. The monoisotopic (exact) mass is 329 g/mol. The minimum Gasteiger partial charge on any atom is -0.508 e. The lowest BCUT2D eigenvalue weighted by Crippen LogP contribution is -2.24. The molecule has 0 bridgehead atoms. The molecule has 24 heavy (non-hydrogen) atoms. The number of ketones is 1. The molecule has 0 fully saturated rings. The van der Waals surface area contributed by atoms with Gasteiger partial charge in [-0.25, -0.2) is 4.79 Å². The molecule has 0 aliphatic rings. The molecule has 0 spiro atoms. The van der Waals surface area contributed by atoms with Gasteiger partial charge in [-0.05, 0) is 19.9 Å². The van der Waals surface area contributed by atoms with Crippen LogP contribution in [-0.4, -0.2) is 40.2 Å².